The van der Waals surface area contributed by atoms with Crippen LogP contribution in [0.2, 0.25) is 0 Å². The summed E-state index contributed by atoms with van der Waals surface area (Å²) in [6.07, 6.45) is 4.13. The van der Waals surface area contributed by atoms with Gasteiger partial charge in [-0.1, -0.05) is 29.8 Å². The van der Waals surface area contributed by atoms with Gasteiger partial charge in [-0.05, 0) is 12.5 Å². The van der Waals surface area contributed by atoms with E-state index in [0.29, 0.717) is 0 Å². The smallest absolute Gasteiger partial charge is 0.160 e. The van der Waals surface area contributed by atoms with Crippen molar-refractivity contribution < 1.29 is 0 Å². The maximum atomic E-state index is 4.42. The van der Waals surface area contributed by atoms with Crippen LogP contribution in [0.5, 0.6) is 0 Å². The Morgan fingerprint density at radius 3 is 2.76 bits per heavy atom. The van der Waals surface area contributed by atoms with Crippen molar-refractivity contribution in [2.45, 2.75) is 13.3 Å². The maximum Gasteiger partial charge on any atom is 0.160 e. The van der Waals surface area contributed by atoms with Crippen LogP contribution in [0.1, 0.15) is 17.0 Å². The van der Waals surface area contributed by atoms with Crippen molar-refractivity contribution in [3.8, 4) is 0 Å². The molecule has 0 saturated heterocycles. The second-order valence-electron chi connectivity index (χ2n) is 4.08. The normalized spacial score (nSPS) is 10.9. The highest BCUT2D eigenvalue weighted by Crippen LogP contribution is 2.09. The Morgan fingerprint density at radius 2 is 1.94 bits per heavy atom. The summed E-state index contributed by atoms with van der Waals surface area (Å²) in [5.74, 6) is 0.811. The summed E-state index contributed by atoms with van der Waals surface area (Å²) < 4.78 is 0. The first kappa shape index (κ1) is 9.96. The number of aromatic amines is 1. The van der Waals surface area contributed by atoms with E-state index in [2.05, 4.69) is 51.1 Å². The quantitative estimate of drug-likeness (QED) is 0.726. The third-order valence-corrected chi connectivity index (χ3v) is 2.71. The van der Waals surface area contributed by atoms with Crippen LogP contribution in [-0.4, -0.2) is 19.9 Å². The van der Waals surface area contributed by atoms with Crippen LogP contribution in [0, 0.1) is 6.92 Å². The second-order valence-corrected chi connectivity index (χ2v) is 4.08. The highest BCUT2D eigenvalue weighted by atomic mass is 15.0. The highest BCUT2D eigenvalue weighted by Gasteiger charge is 2.02. The molecule has 3 rings (SSSR count). The number of nitrogens with zero attached hydrogens (tertiary/aromatic N) is 3. The number of nitrogens with one attached hydrogen (secondary N) is 1. The van der Waals surface area contributed by atoms with Crippen molar-refractivity contribution in [2.75, 3.05) is 0 Å². The van der Waals surface area contributed by atoms with Gasteiger partial charge in [0.2, 0.25) is 0 Å². The Bertz CT molecular complexity index is 640. The fraction of sp³-hybridized carbons (Fsp3) is 0.154. The minimum atomic E-state index is 0.745. The molecular formula is C13H12N4. The molecular weight excluding hydrogens is 212 g/mol. The van der Waals surface area contributed by atoms with E-state index in [4.69, 9.17) is 0 Å². The second kappa shape index (κ2) is 3.97. The summed E-state index contributed by atoms with van der Waals surface area (Å²) in [5.41, 5.74) is 4.08. The number of imidazole rings is 1. The van der Waals surface area contributed by atoms with Gasteiger partial charge in [-0.25, -0.2) is 15.0 Å². The lowest BCUT2D eigenvalue weighted by Gasteiger charge is -2.01. The van der Waals surface area contributed by atoms with Crippen molar-refractivity contribution in [3.63, 3.8) is 0 Å². The van der Waals surface area contributed by atoms with E-state index in [1.807, 2.05) is 0 Å². The Balaban J connectivity index is 1.91. The van der Waals surface area contributed by atoms with Crippen LogP contribution in [0.15, 0.2) is 36.8 Å². The van der Waals surface area contributed by atoms with Gasteiger partial charge < -0.3 is 4.98 Å². The van der Waals surface area contributed by atoms with Crippen molar-refractivity contribution >= 4 is 11.2 Å². The van der Waals surface area contributed by atoms with Gasteiger partial charge in [0, 0.05) is 6.42 Å². The van der Waals surface area contributed by atoms with Crippen molar-refractivity contribution in [3.05, 3.63) is 53.7 Å². The minimum absolute atomic E-state index is 0.745. The Labute approximate surface area is 98.8 Å². The molecule has 0 radical (unpaired) electrons. The summed E-state index contributed by atoms with van der Waals surface area (Å²) >= 11 is 0. The lowest BCUT2D eigenvalue weighted by molar-refractivity contribution is 0.985. The zero-order chi connectivity index (χ0) is 11.7. The third kappa shape index (κ3) is 2.01. The molecule has 4 heteroatoms. The molecule has 0 amide bonds. The summed E-state index contributed by atoms with van der Waals surface area (Å²) in [5, 5.41) is 0. The molecule has 1 N–H and O–H groups in total. The molecule has 17 heavy (non-hydrogen) atoms. The first-order chi connectivity index (χ1) is 8.31. The van der Waals surface area contributed by atoms with Gasteiger partial charge in [0.25, 0.3) is 0 Å². The minimum Gasteiger partial charge on any atom is -0.329 e. The van der Waals surface area contributed by atoms with Crippen LogP contribution >= 0.6 is 0 Å². The fourth-order valence-electron chi connectivity index (χ4n) is 1.75. The molecule has 4 nitrogen and oxygen atoms in total. The van der Waals surface area contributed by atoms with E-state index in [9.17, 15) is 0 Å². The molecule has 0 atom stereocenters. The number of benzene rings is 1. The molecule has 3 aromatic rings. The van der Waals surface area contributed by atoms with Crippen molar-refractivity contribution in [1.29, 1.82) is 0 Å². The molecule has 0 unspecified atom stereocenters. The number of rotatable bonds is 2. The largest absolute Gasteiger partial charge is 0.329 e. The van der Waals surface area contributed by atoms with Gasteiger partial charge in [0.15, 0.2) is 5.65 Å². The Hall–Kier alpha value is -2.23. The Morgan fingerprint density at radius 1 is 1.12 bits per heavy atom. The molecule has 0 aliphatic heterocycles. The molecule has 1 aromatic carbocycles. The molecule has 0 bridgehead atoms. The first-order valence-electron chi connectivity index (χ1n) is 5.52. The van der Waals surface area contributed by atoms with Crippen LogP contribution in [-0.2, 0) is 6.42 Å². The topological polar surface area (TPSA) is 54.5 Å². The molecule has 0 aliphatic rings. The fourth-order valence-corrected chi connectivity index (χ4v) is 1.75. The predicted octanol–water partition coefficient (Wildman–Crippen LogP) is 2.25. The lowest BCUT2D eigenvalue weighted by Crippen LogP contribution is -1.96. The van der Waals surface area contributed by atoms with Gasteiger partial charge in [-0.15, -0.1) is 0 Å². The third-order valence-electron chi connectivity index (χ3n) is 2.71. The molecule has 0 spiro atoms. The summed E-state index contributed by atoms with van der Waals surface area (Å²) in [7, 11) is 0. The highest BCUT2D eigenvalue weighted by molar-refractivity contribution is 5.68. The van der Waals surface area contributed by atoms with Crippen molar-refractivity contribution in [1.82, 2.24) is 19.9 Å². The van der Waals surface area contributed by atoms with Gasteiger partial charge in [0.05, 0.1) is 12.5 Å². The molecule has 84 valence electrons. The van der Waals surface area contributed by atoms with Crippen LogP contribution < -0.4 is 0 Å². The number of aryl methyl sites for hydroxylation is 1. The average Bonchev–Trinajstić information content (AvgIpc) is 2.79. The SMILES string of the molecule is Cc1ccc(Cc2ncc3nc[nH]c3n2)cc1. The van der Waals surface area contributed by atoms with Gasteiger partial charge in [-0.2, -0.15) is 0 Å². The number of fused-ring (bicyclic) bond motifs is 1. The zero-order valence-corrected chi connectivity index (χ0v) is 9.51. The van der Waals surface area contributed by atoms with Gasteiger partial charge >= 0.3 is 0 Å². The number of hydrogen-bond acceptors (Lipinski definition) is 3. The van der Waals surface area contributed by atoms with E-state index >= 15 is 0 Å². The summed E-state index contributed by atoms with van der Waals surface area (Å²) in [4.78, 5) is 15.8. The van der Waals surface area contributed by atoms with E-state index in [1.165, 1.54) is 11.1 Å². The molecule has 0 saturated carbocycles. The maximum absolute atomic E-state index is 4.42. The number of aromatic nitrogens is 4. The zero-order valence-electron chi connectivity index (χ0n) is 9.51. The van der Waals surface area contributed by atoms with Crippen LogP contribution in [0.4, 0.5) is 0 Å². The molecule has 2 heterocycles. The van der Waals surface area contributed by atoms with Crippen LogP contribution in [0.3, 0.4) is 0 Å². The summed E-state index contributed by atoms with van der Waals surface area (Å²) in [6, 6.07) is 8.42. The van der Waals surface area contributed by atoms with Crippen LogP contribution in [0.25, 0.3) is 11.2 Å². The molecule has 0 aliphatic carbocycles. The van der Waals surface area contributed by atoms with Crippen molar-refractivity contribution in [2.24, 2.45) is 0 Å². The van der Waals surface area contributed by atoms with Gasteiger partial charge in [0.1, 0.15) is 11.3 Å². The van der Waals surface area contributed by atoms with Gasteiger partial charge in [-0.3, -0.25) is 0 Å². The van der Waals surface area contributed by atoms with E-state index < -0.39 is 0 Å². The Kier molecular flexibility index (Phi) is 2.33. The molecule has 2 aromatic heterocycles. The predicted molar refractivity (Wildman–Crippen MR) is 65.7 cm³/mol. The standard InChI is InChI=1S/C13H12N4/c1-9-2-4-10(5-3-9)6-12-14-7-11-13(17-12)16-8-15-11/h2-5,7-8H,6H2,1H3,(H,14,15,16,17). The number of hydrogen-bond donors (Lipinski definition) is 1. The monoisotopic (exact) mass is 224 g/mol. The van der Waals surface area contributed by atoms with E-state index in [0.717, 1.165) is 23.4 Å². The van der Waals surface area contributed by atoms with E-state index in [1.54, 1.807) is 12.5 Å². The first-order valence-corrected chi connectivity index (χ1v) is 5.52. The van der Waals surface area contributed by atoms with E-state index in [-0.39, 0.29) is 0 Å². The number of H-pyrrole nitrogens is 1. The average molecular weight is 224 g/mol. The lowest BCUT2D eigenvalue weighted by atomic mass is 10.1. The molecule has 0 fully saturated rings. The summed E-state index contributed by atoms with van der Waals surface area (Å²) in [6.45, 7) is 2.08.